The van der Waals surface area contributed by atoms with Crippen molar-refractivity contribution in [3.8, 4) is 0 Å². The van der Waals surface area contributed by atoms with Crippen LogP contribution >= 0.6 is 11.3 Å². The molecular formula is C24H31F3N4O3S. The van der Waals surface area contributed by atoms with Gasteiger partial charge in [-0.05, 0) is 56.9 Å². The zero-order valence-corrected chi connectivity index (χ0v) is 20.8. The number of carbonyl (C=O) groups excluding carboxylic acids is 2. The number of nitrogens with zero attached hydrogens (tertiary/aromatic N) is 2. The minimum Gasteiger partial charge on any atom is -0.396 e. The number of halogens is 3. The van der Waals surface area contributed by atoms with Crippen LogP contribution in [0.15, 0.2) is 0 Å². The van der Waals surface area contributed by atoms with Crippen molar-refractivity contribution in [1.82, 2.24) is 15.1 Å². The standard InChI is InChI=1S/C24H31F3N4O3S/c1-23(2,13-32)12-28-21(34)19-15-8-4-6-10-17(15)35-22(19)29-18(33)11-31-16-9-5-3-7-14(16)20(30-31)24(25,26)27/h32H,3-13H2,1-2H3,(H,28,34)(H,29,33). The Bertz CT molecular complexity index is 1120. The molecular weight excluding hydrogens is 481 g/mol. The fraction of sp³-hybridized carbons (Fsp3) is 0.625. The number of alkyl halides is 3. The Hall–Kier alpha value is -2.40. The summed E-state index contributed by atoms with van der Waals surface area (Å²) < 4.78 is 41.7. The van der Waals surface area contributed by atoms with Gasteiger partial charge in [0, 0.05) is 34.7 Å². The second-order valence-corrected chi connectivity index (χ2v) is 11.2. The van der Waals surface area contributed by atoms with Crippen LogP contribution in [0.1, 0.15) is 77.3 Å². The van der Waals surface area contributed by atoms with E-state index in [4.69, 9.17) is 0 Å². The van der Waals surface area contributed by atoms with Crippen LogP contribution in [0.4, 0.5) is 18.2 Å². The first kappa shape index (κ1) is 25.7. The second-order valence-electron chi connectivity index (χ2n) is 10.1. The monoisotopic (exact) mass is 512 g/mol. The number of anilines is 1. The number of thiophene rings is 1. The van der Waals surface area contributed by atoms with E-state index >= 15 is 0 Å². The number of nitrogens with one attached hydrogen (secondary N) is 2. The highest BCUT2D eigenvalue weighted by molar-refractivity contribution is 7.17. The van der Waals surface area contributed by atoms with Crippen molar-refractivity contribution in [2.75, 3.05) is 18.5 Å². The highest BCUT2D eigenvalue weighted by Gasteiger charge is 2.39. The van der Waals surface area contributed by atoms with Crippen molar-refractivity contribution >= 4 is 28.2 Å². The van der Waals surface area contributed by atoms with E-state index in [9.17, 15) is 27.9 Å². The van der Waals surface area contributed by atoms with E-state index in [0.717, 1.165) is 42.5 Å². The third-order valence-electron chi connectivity index (χ3n) is 6.63. The number of aromatic nitrogens is 2. The number of aliphatic hydroxyl groups is 1. The summed E-state index contributed by atoms with van der Waals surface area (Å²) in [5.74, 6) is -0.838. The molecule has 0 atom stereocenters. The SMILES string of the molecule is CC(C)(CO)CNC(=O)c1c(NC(=O)Cn2nc(C(F)(F)F)c3c2CCCC3)sc2c1CCCC2. The fourth-order valence-corrected chi connectivity index (χ4v) is 5.99. The third kappa shape index (κ3) is 5.55. The molecule has 0 bridgehead atoms. The average Bonchev–Trinajstić information content (AvgIpc) is 3.36. The molecule has 0 saturated heterocycles. The van der Waals surface area contributed by atoms with Gasteiger partial charge in [0.05, 0.1) is 5.56 Å². The number of aliphatic hydroxyl groups excluding tert-OH is 1. The number of fused-ring (bicyclic) bond motifs is 2. The topological polar surface area (TPSA) is 96.3 Å². The zero-order valence-electron chi connectivity index (χ0n) is 20.0. The normalized spacial score (nSPS) is 15.9. The highest BCUT2D eigenvalue weighted by Crippen LogP contribution is 2.39. The van der Waals surface area contributed by atoms with Crippen LogP contribution in [0.5, 0.6) is 0 Å². The molecule has 2 aliphatic carbocycles. The van der Waals surface area contributed by atoms with E-state index < -0.39 is 23.2 Å². The van der Waals surface area contributed by atoms with Gasteiger partial charge in [0.1, 0.15) is 11.5 Å². The maximum Gasteiger partial charge on any atom is 0.435 e. The molecule has 0 saturated carbocycles. The Kier molecular flexibility index (Phi) is 7.28. The van der Waals surface area contributed by atoms with E-state index in [1.165, 1.54) is 16.0 Å². The Balaban J connectivity index is 1.57. The summed E-state index contributed by atoms with van der Waals surface area (Å²) >= 11 is 1.35. The molecule has 2 amide bonds. The first-order valence-electron chi connectivity index (χ1n) is 12.0. The van der Waals surface area contributed by atoms with Gasteiger partial charge in [-0.2, -0.15) is 18.3 Å². The molecule has 0 spiro atoms. The maximum atomic E-state index is 13.5. The summed E-state index contributed by atoms with van der Waals surface area (Å²) in [5, 5.41) is 19.3. The summed E-state index contributed by atoms with van der Waals surface area (Å²) in [4.78, 5) is 27.1. The molecule has 0 unspecified atom stereocenters. The number of hydrogen-bond acceptors (Lipinski definition) is 5. The van der Waals surface area contributed by atoms with Crippen molar-refractivity contribution in [3.05, 3.63) is 33.0 Å². The zero-order chi connectivity index (χ0) is 25.4. The van der Waals surface area contributed by atoms with Crippen LogP contribution in [-0.2, 0) is 43.2 Å². The van der Waals surface area contributed by atoms with Crippen LogP contribution in [0.2, 0.25) is 0 Å². The van der Waals surface area contributed by atoms with E-state index in [-0.39, 0.29) is 31.2 Å². The third-order valence-corrected chi connectivity index (χ3v) is 7.83. The molecule has 11 heteroatoms. The van der Waals surface area contributed by atoms with Crippen LogP contribution < -0.4 is 10.6 Å². The van der Waals surface area contributed by atoms with Crippen LogP contribution in [0.25, 0.3) is 0 Å². The summed E-state index contributed by atoms with van der Waals surface area (Å²) in [5.41, 5.74) is 0.600. The Labute approximate surface area is 206 Å². The molecule has 0 aromatic carbocycles. The van der Waals surface area contributed by atoms with E-state index in [2.05, 4.69) is 15.7 Å². The lowest BCUT2D eigenvalue weighted by Crippen LogP contribution is -2.36. The lowest BCUT2D eigenvalue weighted by atomic mass is 9.93. The Morgan fingerprint density at radius 2 is 1.71 bits per heavy atom. The number of amides is 2. The lowest BCUT2D eigenvalue weighted by molar-refractivity contribution is -0.142. The number of aryl methyl sites for hydroxylation is 1. The molecule has 7 nitrogen and oxygen atoms in total. The summed E-state index contributed by atoms with van der Waals surface area (Å²) in [6.45, 7) is 3.49. The number of carbonyl (C=O) groups is 2. The number of hydrogen-bond donors (Lipinski definition) is 3. The van der Waals surface area contributed by atoms with Crippen molar-refractivity contribution < 1.29 is 27.9 Å². The van der Waals surface area contributed by atoms with Crippen LogP contribution in [-0.4, -0.2) is 39.9 Å². The molecule has 0 fully saturated rings. The lowest BCUT2D eigenvalue weighted by Gasteiger charge is -2.22. The molecule has 2 aromatic heterocycles. The molecule has 2 aromatic rings. The molecule has 0 aliphatic heterocycles. The first-order valence-corrected chi connectivity index (χ1v) is 12.8. The van der Waals surface area contributed by atoms with Gasteiger partial charge in [-0.15, -0.1) is 11.3 Å². The van der Waals surface area contributed by atoms with Crippen molar-refractivity contribution in [3.63, 3.8) is 0 Å². The quantitative estimate of drug-likeness (QED) is 0.520. The van der Waals surface area contributed by atoms with Crippen molar-refractivity contribution in [2.24, 2.45) is 5.41 Å². The molecule has 3 N–H and O–H groups in total. The summed E-state index contributed by atoms with van der Waals surface area (Å²) in [6.07, 6.45) is 1.10. The maximum absolute atomic E-state index is 13.5. The van der Waals surface area contributed by atoms with Gasteiger partial charge in [0.25, 0.3) is 5.91 Å². The predicted octanol–water partition coefficient (Wildman–Crippen LogP) is 4.11. The van der Waals surface area contributed by atoms with Crippen molar-refractivity contribution in [2.45, 2.75) is 77.9 Å². The van der Waals surface area contributed by atoms with E-state index in [1.54, 1.807) is 0 Å². The summed E-state index contributed by atoms with van der Waals surface area (Å²) in [7, 11) is 0. The van der Waals surface area contributed by atoms with Gasteiger partial charge in [0.2, 0.25) is 5.91 Å². The van der Waals surface area contributed by atoms with Crippen LogP contribution in [0, 0.1) is 5.41 Å². The first-order chi connectivity index (χ1) is 16.5. The van der Waals surface area contributed by atoms with Crippen LogP contribution in [0.3, 0.4) is 0 Å². The molecule has 2 aliphatic rings. The Morgan fingerprint density at radius 3 is 2.40 bits per heavy atom. The van der Waals surface area contributed by atoms with Gasteiger partial charge in [0.15, 0.2) is 5.69 Å². The molecule has 2 heterocycles. The fourth-order valence-electron chi connectivity index (χ4n) is 4.69. The van der Waals surface area contributed by atoms with Crippen molar-refractivity contribution in [1.29, 1.82) is 0 Å². The molecule has 4 rings (SSSR count). The smallest absolute Gasteiger partial charge is 0.396 e. The van der Waals surface area contributed by atoms with Gasteiger partial charge in [-0.25, -0.2) is 0 Å². The van der Waals surface area contributed by atoms with Gasteiger partial charge in [-0.1, -0.05) is 13.8 Å². The number of rotatable bonds is 7. The second kappa shape index (κ2) is 9.93. The average molecular weight is 513 g/mol. The Morgan fingerprint density at radius 1 is 1.06 bits per heavy atom. The summed E-state index contributed by atoms with van der Waals surface area (Å²) in [6, 6.07) is 0. The van der Waals surface area contributed by atoms with Gasteiger partial charge >= 0.3 is 6.18 Å². The molecule has 192 valence electrons. The minimum atomic E-state index is -4.57. The predicted molar refractivity (Wildman–Crippen MR) is 127 cm³/mol. The molecule has 0 radical (unpaired) electrons. The largest absolute Gasteiger partial charge is 0.435 e. The highest BCUT2D eigenvalue weighted by atomic mass is 32.1. The van der Waals surface area contributed by atoms with Gasteiger partial charge in [-0.3, -0.25) is 14.3 Å². The van der Waals surface area contributed by atoms with Gasteiger partial charge < -0.3 is 15.7 Å². The molecule has 35 heavy (non-hydrogen) atoms. The van der Waals surface area contributed by atoms with E-state index in [0.29, 0.717) is 35.5 Å². The van der Waals surface area contributed by atoms with E-state index in [1.807, 2.05) is 13.8 Å². The minimum absolute atomic E-state index is 0.0906.